The molecule has 4 nitrogen and oxygen atoms in total. The summed E-state index contributed by atoms with van der Waals surface area (Å²) < 4.78 is 0. The standard InChI is InChI=1S/C14H17N3O/c1-11-15-8-6-14(17-11)10-16-13-4-2-12(3-5-13)7-9-18/h2-6,8,16,18H,7,9-10H2,1H3. The number of benzene rings is 1. The molecule has 2 aromatic rings. The van der Waals surface area contributed by atoms with Crippen molar-refractivity contribution in [3.05, 3.63) is 53.6 Å². The van der Waals surface area contributed by atoms with Gasteiger partial charge in [0.25, 0.3) is 0 Å². The van der Waals surface area contributed by atoms with E-state index >= 15 is 0 Å². The molecule has 0 aliphatic heterocycles. The van der Waals surface area contributed by atoms with E-state index in [0.29, 0.717) is 13.0 Å². The van der Waals surface area contributed by atoms with E-state index in [1.165, 1.54) is 0 Å². The highest BCUT2D eigenvalue weighted by Crippen LogP contribution is 2.11. The summed E-state index contributed by atoms with van der Waals surface area (Å²) in [7, 11) is 0. The van der Waals surface area contributed by atoms with Gasteiger partial charge in [0.1, 0.15) is 5.82 Å². The van der Waals surface area contributed by atoms with Crippen LogP contribution in [0.1, 0.15) is 17.1 Å². The number of aryl methyl sites for hydroxylation is 1. The van der Waals surface area contributed by atoms with Crippen LogP contribution < -0.4 is 5.32 Å². The number of nitrogens with one attached hydrogen (secondary N) is 1. The first-order valence-corrected chi connectivity index (χ1v) is 6.00. The van der Waals surface area contributed by atoms with Crippen molar-refractivity contribution in [2.24, 2.45) is 0 Å². The van der Waals surface area contributed by atoms with Crippen LogP contribution in [0.4, 0.5) is 5.69 Å². The molecule has 0 atom stereocenters. The predicted octanol–water partition coefficient (Wildman–Crippen LogP) is 1.93. The van der Waals surface area contributed by atoms with Crippen LogP contribution in [0.2, 0.25) is 0 Å². The lowest BCUT2D eigenvalue weighted by molar-refractivity contribution is 0.299. The molecule has 0 unspecified atom stereocenters. The van der Waals surface area contributed by atoms with Crippen LogP contribution in [0.15, 0.2) is 36.5 Å². The van der Waals surface area contributed by atoms with Gasteiger partial charge in [0.05, 0.1) is 12.2 Å². The summed E-state index contributed by atoms with van der Waals surface area (Å²) in [5.74, 6) is 0.785. The van der Waals surface area contributed by atoms with E-state index in [2.05, 4.69) is 15.3 Å². The smallest absolute Gasteiger partial charge is 0.125 e. The molecular weight excluding hydrogens is 226 g/mol. The highest BCUT2D eigenvalue weighted by atomic mass is 16.2. The normalized spacial score (nSPS) is 10.3. The Morgan fingerprint density at radius 1 is 1.17 bits per heavy atom. The van der Waals surface area contributed by atoms with Gasteiger partial charge in [-0.25, -0.2) is 9.97 Å². The van der Waals surface area contributed by atoms with Gasteiger partial charge < -0.3 is 10.4 Å². The Bertz CT molecular complexity index is 497. The monoisotopic (exact) mass is 243 g/mol. The first-order valence-electron chi connectivity index (χ1n) is 6.00. The maximum absolute atomic E-state index is 8.84. The Morgan fingerprint density at radius 2 is 1.94 bits per heavy atom. The summed E-state index contributed by atoms with van der Waals surface area (Å²) >= 11 is 0. The van der Waals surface area contributed by atoms with Gasteiger partial charge in [-0.15, -0.1) is 0 Å². The molecular formula is C14H17N3O. The molecule has 2 rings (SSSR count). The Kier molecular flexibility index (Phi) is 4.25. The molecule has 0 saturated carbocycles. The van der Waals surface area contributed by atoms with Crippen molar-refractivity contribution < 1.29 is 5.11 Å². The number of aliphatic hydroxyl groups is 1. The molecule has 0 aliphatic carbocycles. The van der Waals surface area contributed by atoms with Gasteiger partial charge in [0.15, 0.2) is 0 Å². The largest absolute Gasteiger partial charge is 0.396 e. The third-order valence-electron chi connectivity index (χ3n) is 2.66. The molecule has 0 radical (unpaired) electrons. The Hall–Kier alpha value is -1.94. The zero-order valence-electron chi connectivity index (χ0n) is 10.4. The van der Waals surface area contributed by atoms with Gasteiger partial charge in [-0.05, 0) is 37.1 Å². The minimum Gasteiger partial charge on any atom is -0.396 e. The predicted molar refractivity (Wildman–Crippen MR) is 71.3 cm³/mol. The van der Waals surface area contributed by atoms with Gasteiger partial charge in [0.2, 0.25) is 0 Å². The van der Waals surface area contributed by atoms with Crippen LogP contribution in [-0.4, -0.2) is 21.7 Å². The number of nitrogens with zero attached hydrogens (tertiary/aromatic N) is 2. The number of aromatic nitrogens is 2. The van der Waals surface area contributed by atoms with Gasteiger partial charge >= 0.3 is 0 Å². The molecule has 0 bridgehead atoms. The van der Waals surface area contributed by atoms with Crippen LogP contribution in [-0.2, 0) is 13.0 Å². The van der Waals surface area contributed by atoms with Crippen LogP contribution in [0.5, 0.6) is 0 Å². The first-order chi connectivity index (χ1) is 8.78. The molecule has 4 heteroatoms. The van der Waals surface area contributed by atoms with Crippen molar-refractivity contribution in [2.45, 2.75) is 19.9 Å². The quantitative estimate of drug-likeness (QED) is 0.842. The molecule has 0 saturated heterocycles. The van der Waals surface area contributed by atoms with Crippen molar-refractivity contribution in [1.29, 1.82) is 0 Å². The molecule has 0 fully saturated rings. The minimum absolute atomic E-state index is 0.187. The van der Waals surface area contributed by atoms with E-state index in [1.807, 2.05) is 37.3 Å². The summed E-state index contributed by atoms with van der Waals surface area (Å²) in [6.07, 6.45) is 2.47. The Balaban J connectivity index is 1.93. The van der Waals surface area contributed by atoms with E-state index in [-0.39, 0.29) is 6.61 Å². The summed E-state index contributed by atoms with van der Waals surface area (Å²) in [5, 5.41) is 12.1. The number of anilines is 1. The van der Waals surface area contributed by atoms with Crippen molar-refractivity contribution in [1.82, 2.24) is 9.97 Å². The van der Waals surface area contributed by atoms with Crippen molar-refractivity contribution >= 4 is 5.69 Å². The number of hydrogen-bond donors (Lipinski definition) is 2. The van der Waals surface area contributed by atoms with Crippen LogP contribution >= 0.6 is 0 Å². The second-order valence-electron chi connectivity index (χ2n) is 4.12. The molecule has 1 aromatic heterocycles. The number of aliphatic hydroxyl groups excluding tert-OH is 1. The zero-order chi connectivity index (χ0) is 12.8. The zero-order valence-corrected chi connectivity index (χ0v) is 10.4. The van der Waals surface area contributed by atoms with E-state index in [0.717, 1.165) is 22.8 Å². The van der Waals surface area contributed by atoms with E-state index in [9.17, 15) is 0 Å². The van der Waals surface area contributed by atoms with E-state index in [1.54, 1.807) is 6.20 Å². The van der Waals surface area contributed by atoms with E-state index in [4.69, 9.17) is 5.11 Å². The van der Waals surface area contributed by atoms with Crippen LogP contribution in [0.3, 0.4) is 0 Å². The molecule has 0 amide bonds. The molecule has 1 heterocycles. The highest BCUT2D eigenvalue weighted by molar-refractivity contribution is 5.44. The molecule has 0 aliphatic rings. The molecule has 0 spiro atoms. The molecule has 1 aromatic carbocycles. The van der Waals surface area contributed by atoms with Gasteiger partial charge in [-0.3, -0.25) is 0 Å². The third kappa shape index (κ3) is 3.53. The summed E-state index contributed by atoms with van der Waals surface area (Å²) in [4.78, 5) is 8.39. The topological polar surface area (TPSA) is 58.0 Å². The average Bonchev–Trinajstić information content (AvgIpc) is 2.38. The minimum atomic E-state index is 0.187. The number of rotatable bonds is 5. The second-order valence-corrected chi connectivity index (χ2v) is 4.12. The second kappa shape index (κ2) is 6.12. The lowest BCUT2D eigenvalue weighted by atomic mass is 10.1. The van der Waals surface area contributed by atoms with E-state index < -0.39 is 0 Å². The first kappa shape index (κ1) is 12.5. The maximum Gasteiger partial charge on any atom is 0.125 e. The molecule has 2 N–H and O–H groups in total. The lowest BCUT2D eigenvalue weighted by Crippen LogP contribution is -2.03. The number of hydrogen-bond acceptors (Lipinski definition) is 4. The van der Waals surface area contributed by atoms with Gasteiger partial charge in [-0.2, -0.15) is 0 Å². The van der Waals surface area contributed by atoms with Gasteiger partial charge in [-0.1, -0.05) is 12.1 Å². The summed E-state index contributed by atoms with van der Waals surface area (Å²) in [5.41, 5.74) is 3.16. The van der Waals surface area contributed by atoms with Crippen LogP contribution in [0, 0.1) is 6.92 Å². The van der Waals surface area contributed by atoms with Crippen molar-refractivity contribution in [3.63, 3.8) is 0 Å². The fraction of sp³-hybridized carbons (Fsp3) is 0.286. The SMILES string of the molecule is Cc1nccc(CNc2ccc(CCO)cc2)n1. The van der Waals surface area contributed by atoms with Crippen molar-refractivity contribution in [3.8, 4) is 0 Å². The molecule has 94 valence electrons. The maximum atomic E-state index is 8.84. The Morgan fingerprint density at radius 3 is 2.61 bits per heavy atom. The van der Waals surface area contributed by atoms with Crippen molar-refractivity contribution in [2.75, 3.05) is 11.9 Å². The van der Waals surface area contributed by atoms with Gasteiger partial charge in [0, 0.05) is 18.5 Å². The fourth-order valence-corrected chi connectivity index (χ4v) is 1.71. The summed E-state index contributed by atoms with van der Waals surface area (Å²) in [6.45, 7) is 2.75. The fourth-order valence-electron chi connectivity index (χ4n) is 1.71. The highest BCUT2D eigenvalue weighted by Gasteiger charge is 1.97. The molecule has 18 heavy (non-hydrogen) atoms. The lowest BCUT2D eigenvalue weighted by Gasteiger charge is -2.07. The van der Waals surface area contributed by atoms with Crippen LogP contribution in [0.25, 0.3) is 0 Å². The average molecular weight is 243 g/mol. The Labute approximate surface area is 107 Å². The third-order valence-corrected chi connectivity index (χ3v) is 2.66. The summed E-state index contributed by atoms with van der Waals surface area (Å²) in [6, 6.07) is 9.96.